The molecule has 0 bridgehead atoms. The van der Waals surface area contributed by atoms with Gasteiger partial charge in [-0.3, -0.25) is 9.59 Å². The maximum absolute atomic E-state index is 13.2. The molecule has 29 heavy (non-hydrogen) atoms. The molecule has 2 aromatic carbocycles. The van der Waals surface area contributed by atoms with Crippen molar-refractivity contribution in [2.24, 2.45) is 0 Å². The molecule has 0 heterocycles. The number of hydrogen-bond acceptors (Lipinski definition) is 3. The van der Waals surface area contributed by atoms with Crippen LogP contribution in [0.3, 0.4) is 0 Å². The highest BCUT2D eigenvalue weighted by Crippen LogP contribution is 2.17. The first-order chi connectivity index (χ1) is 13.8. The quantitative estimate of drug-likeness (QED) is 0.663. The number of nitrogens with zero attached hydrogens (tertiary/aromatic N) is 1. The fourth-order valence-corrected chi connectivity index (χ4v) is 3.77. The number of rotatable bonds is 9. The topological polar surface area (TPSA) is 49.4 Å². The van der Waals surface area contributed by atoms with Gasteiger partial charge in [-0.2, -0.15) is 0 Å². The van der Waals surface area contributed by atoms with Gasteiger partial charge in [-0.1, -0.05) is 42.0 Å². The van der Waals surface area contributed by atoms with Crippen molar-refractivity contribution in [2.75, 3.05) is 5.75 Å². The summed E-state index contributed by atoms with van der Waals surface area (Å²) in [4.78, 5) is 27.0. The van der Waals surface area contributed by atoms with E-state index in [1.54, 1.807) is 24.0 Å². The third-order valence-electron chi connectivity index (χ3n) is 4.44. The number of carbonyl (C=O) groups is 2. The van der Waals surface area contributed by atoms with Crippen molar-refractivity contribution in [1.29, 1.82) is 0 Å². The minimum absolute atomic E-state index is 0.0107. The number of thioether (sulfide) groups is 1. The Balaban J connectivity index is 2.06. The number of halogens is 1. The zero-order chi connectivity index (χ0) is 21.4. The van der Waals surface area contributed by atoms with Crippen LogP contribution in [0.2, 0.25) is 0 Å². The Hall–Kier alpha value is -2.34. The third kappa shape index (κ3) is 7.54. The molecule has 0 saturated carbocycles. The van der Waals surface area contributed by atoms with E-state index in [4.69, 9.17) is 0 Å². The molecule has 4 nitrogen and oxygen atoms in total. The second-order valence-electron chi connectivity index (χ2n) is 7.47. The van der Waals surface area contributed by atoms with Gasteiger partial charge in [0.15, 0.2) is 0 Å². The first-order valence-electron chi connectivity index (χ1n) is 9.74. The lowest BCUT2D eigenvalue weighted by atomic mass is 10.1. The number of nitrogens with one attached hydrogen (secondary N) is 1. The van der Waals surface area contributed by atoms with Crippen molar-refractivity contribution in [3.8, 4) is 0 Å². The van der Waals surface area contributed by atoms with E-state index in [0.29, 0.717) is 0 Å². The van der Waals surface area contributed by atoms with E-state index in [1.807, 2.05) is 39.0 Å². The van der Waals surface area contributed by atoms with Crippen LogP contribution in [0.25, 0.3) is 0 Å². The predicted molar refractivity (Wildman–Crippen MR) is 117 cm³/mol. The van der Waals surface area contributed by atoms with Gasteiger partial charge in [-0.25, -0.2) is 4.39 Å². The van der Waals surface area contributed by atoms with Crippen molar-refractivity contribution < 1.29 is 14.0 Å². The Labute approximate surface area is 176 Å². The summed E-state index contributed by atoms with van der Waals surface area (Å²) in [6.45, 7) is 7.79. The number of benzene rings is 2. The van der Waals surface area contributed by atoms with Gasteiger partial charge in [0.2, 0.25) is 11.8 Å². The standard InChI is InChI=1S/C23H29FN2O2S/c1-16(2)25-23(28)18(4)26(13-19-8-10-21(24)11-9-19)22(27)15-29-14-20-7-5-6-17(3)12-20/h5-12,16,18H,13-15H2,1-4H3,(H,25,28)/t18-/m1/s1. The lowest BCUT2D eigenvalue weighted by Crippen LogP contribution is -2.49. The molecule has 1 N–H and O–H groups in total. The van der Waals surface area contributed by atoms with E-state index in [-0.39, 0.29) is 36.0 Å². The molecule has 2 rings (SSSR count). The van der Waals surface area contributed by atoms with Gasteiger partial charge in [-0.15, -0.1) is 11.8 Å². The Morgan fingerprint density at radius 3 is 2.38 bits per heavy atom. The molecule has 0 fully saturated rings. The first kappa shape index (κ1) is 22.9. The molecular formula is C23H29FN2O2S. The van der Waals surface area contributed by atoms with Crippen molar-refractivity contribution >= 4 is 23.6 Å². The molecule has 2 amide bonds. The van der Waals surface area contributed by atoms with Crippen LogP contribution in [0.1, 0.15) is 37.5 Å². The zero-order valence-electron chi connectivity index (χ0n) is 17.4. The Bertz CT molecular complexity index is 824. The van der Waals surface area contributed by atoms with E-state index in [1.165, 1.54) is 35.0 Å². The molecule has 156 valence electrons. The van der Waals surface area contributed by atoms with E-state index < -0.39 is 6.04 Å². The van der Waals surface area contributed by atoms with Gasteiger partial charge in [0.05, 0.1) is 5.75 Å². The molecule has 0 aliphatic rings. The molecule has 0 aliphatic carbocycles. The molecule has 0 radical (unpaired) electrons. The number of aryl methyl sites for hydroxylation is 1. The summed E-state index contributed by atoms with van der Waals surface area (Å²) in [6.07, 6.45) is 0. The molecule has 0 saturated heterocycles. The van der Waals surface area contributed by atoms with E-state index in [2.05, 4.69) is 11.4 Å². The molecule has 0 spiro atoms. The summed E-state index contributed by atoms with van der Waals surface area (Å²) >= 11 is 1.52. The Morgan fingerprint density at radius 2 is 1.76 bits per heavy atom. The smallest absolute Gasteiger partial charge is 0.242 e. The molecule has 0 aliphatic heterocycles. The normalized spacial score (nSPS) is 11.9. The van der Waals surface area contributed by atoms with Crippen LogP contribution in [-0.2, 0) is 21.9 Å². The minimum Gasteiger partial charge on any atom is -0.352 e. The van der Waals surface area contributed by atoms with Gasteiger partial charge in [0.25, 0.3) is 0 Å². The van der Waals surface area contributed by atoms with Crippen LogP contribution in [0.15, 0.2) is 48.5 Å². The van der Waals surface area contributed by atoms with Crippen molar-refractivity contribution in [2.45, 2.75) is 52.1 Å². The fraction of sp³-hybridized carbons (Fsp3) is 0.391. The van der Waals surface area contributed by atoms with Crippen LogP contribution in [0.5, 0.6) is 0 Å². The van der Waals surface area contributed by atoms with Crippen LogP contribution in [0.4, 0.5) is 4.39 Å². The summed E-state index contributed by atoms with van der Waals surface area (Å²) < 4.78 is 13.2. The maximum atomic E-state index is 13.2. The van der Waals surface area contributed by atoms with Crippen LogP contribution < -0.4 is 5.32 Å². The number of carbonyl (C=O) groups excluding carboxylic acids is 2. The van der Waals surface area contributed by atoms with Crippen LogP contribution >= 0.6 is 11.8 Å². The van der Waals surface area contributed by atoms with Crippen molar-refractivity contribution in [1.82, 2.24) is 10.2 Å². The predicted octanol–water partition coefficient (Wildman–Crippen LogP) is 4.31. The maximum Gasteiger partial charge on any atom is 0.242 e. The van der Waals surface area contributed by atoms with E-state index in [0.717, 1.165) is 11.3 Å². The van der Waals surface area contributed by atoms with Gasteiger partial charge < -0.3 is 10.2 Å². The number of hydrogen-bond donors (Lipinski definition) is 1. The summed E-state index contributed by atoms with van der Waals surface area (Å²) in [5.74, 6) is 0.363. The molecule has 0 unspecified atom stereocenters. The Morgan fingerprint density at radius 1 is 1.07 bits per heavy atom. The highest BCUT2D eigenvalue weighted by molar-refractivity contribution is 7.99. The molecule has 1 atom stereocenters. The first-order valence-corrected chi connectivity index (χ1v) is 10.9. The monoisotopic (exact) mass is 416 g/mol. The summed E-state index contributed by atoms with van der Waals surface area (Å²) in [7, 11) is 0. The Kier molecular flexibility index (Phi) is 8.70. The van der Waals surface area contributed by atoms with Gasteiger partial charge in [0.1, 0.15) is 11.9 Å². The second kappa shape index (κ2) is 11.0. The molecular weight excluding hydrogens is 387 g/mol. The second-order valence-corrected chi connectivity index (χ2v) is 8.45. The van der Waals surface area contributed by atoms with E-state index in [9.17, 15) is 14.0 Å². The SMILES string of the molecule is Cc1cccc(CSCC(=O)N(Cc2ccc(F)cc2)[C@H](C)C(=O)NC(C)C)c1. The zero-order valence-corrected chi connectivity index (χ0v) is 18.3. The highest BCUT2D eigenvalue weighted by Gasteiger charge is 2.26. The summed E-state index contributed by atoms with van der Waals surface area (Å²) in [6, 6.07) is 13.6. The fourth-order valence-electron chi connectivity index (χ4n) is 2.92. The highest BCUT2D eigenvalue weighted by atomic mass is 32.2. The lowest BCUT2D eigenvalue weighted by molar-refractivity contribution is -0.138. The van der Waals surface area contributed by atoms with Crippen molar-refractivity contribution in [3.05, 3.63) is 71.0 Å². The van der Waals surface area contributed by atoms with Crippen molar-refractivity contribution in [3.63, 3.8) is 0 Å². The third-order valence-corrected chi connectivity index (χ3v) is 5.43. The van der Waals surface area contributed by atoms with Crippen LogP contribution in [-0.4, -0.2) is 34.6 Å². The van der Waals surface area contributed by atoms with Crippen LogP contribution in [0, 0.1) is 12.7 Å². The summed E-state index contributed by atoms with van der Waals surface area (Å²) in [5.41, 5.74) is 3.14. The lowest BCUT2D eigenvalue weighted by Gasteiger charge is -2.29. The van der Waals surface area contributed by atoms with Gasteiger partial charge in [0, 0.05) is 18.3 Å². The number of amides is 2. The average molecular weight is 417 g/mol. The minimum atomic E-state index is -0.616. The van der Waals surface area contributed by atoms with Gasteiger partial charge >= 0.3 is 0 Å². The largest absolute Gasteiger partial charge is 0.352 e. The average Bonchev–Trinajstić information content (AvgIpc) is 2.66. The van der Waals surface area contributed by atoms with E-state index >= 15 is 0 Å². The van der Waals surface area contributed by atoms with Gasteiger partial charge in [-0.05, 0) is 51.0 Å². The molecule has 2 aromatic rings. The molecule has 0 aromatic heterocycles. The molecule has 6 heteroatoms. The summed E-state index contributed by atoms with van der Waals surface area (Å²) in [5, 5.41) is 2.86.